The molecule has 0 aliphatic carbocycles. The third-order valence-electron chi connectivity index (χ3n) is 2.77. The van der Waals surface area contributed by atoms with E-state index in [4.69, 9.17) is 0 Å². The van der Waals surface area contributed by atoms with Gasteiger partial charge >= 0.3 is 0 Å². The predicted molar refractivity (Wildman–Crippen MR) is 67.5 cm³/mol. The molecule has 17 heavy (non-hydrogen) atoms. The minimum Gasteiger partial charge on any atom is -0.545 e. The molecule has 0 bridgehead atoms. The highest BCUT2D eigenvalue weighted by Gasteiger charge is 1.94. The molecule has 1 aromatic carbocycles. The van der Waals surface area contributed by atoms with Gasteiger partial charge in [0.15, 0.2) is 0 Å². The number of rotatable bonds is 6. The zero-order valence-electron chi connectivity index (χ0n) is 10.5. The maximum absolute atomic E-state index is 10.5. The second-order valence-electron chi connectivity index (χ2n) is 4.28. The lowest BCUT2D eigenvalue weighted by molar-refractivity contribution is -0.299. The van der Waals surface area contributed by atoms with E-state index in [1.165, 1.54) is 11.1 Å². The number of allylic oxidation sites excluding steroid dienone is 1. The first-order valence-electron chi connectivity index (χ1n) is 6.09. The number of hydrogen-bond acceptors (Lipinski definition) is 2. The van der Waals surface area contributed by atoms with Crippen LogP contribution in [-0.2, 0) is 17.6 Å². The standard InChI is InChI=1S/C15H20O2/c1-3-5-13-8-10-14(11-9-13)7-4-6-12(2)15(16)17/h6,8-11H,3-5,7H2,1-2H3,(H,16,17)/p-1/b12-6+. The van der Waals surface area contributed by atoms with Gasteiger partial charge in [0.1, 0.15) is 0 Å². The molecule has 0 amide bonds. The summed E-state index contributed by atoms with van der Waals surface area (Å²) in [6.07, 6.45) is 5.61. The van der Waals surface area contributed by atoms with Crippen molar-refractivity contribution < 1.29 is 9.90 Å². The number of carbonyl (C=O) groups excluding carboxylic acids is 1. The van der Waals surface area contributed by atoms with Crippen LogP contribution in [0, 0.1) is 0 Å². The average Bonchev–Trinajstić information content (AvgIpc) is 2.31. The van der Waals surface area contributed by atoms with Gasteiger partial charge < -0.3 is 9.90 Å². The van der Waals surface area contributed by atoms with Crippen LogP contribution in [0.2, 0.25) is 0 Å². The van der Waals surface area contributed by atoms with Crippen LogP contribution < -0.4 is 5.11 Å². The van der Waals surface area contributed by atoms with Gasteiger partial charge in [-0.1, -0.05) is 43.7 Å². The van der Waals surface area contributed by atoms with Gasteiger partial charge in [-0.3, -0.25) is 0 Å². The number of benzene rings is 1. The molecule has 2 heteroatoms. The summed E-state index contributed by atoms with van der Waals surface area (Å²) in [7, 11) is 0. The number of aryl methyl sites for hydroxylation is 2. The highest BCUT2D eigenvalue weighted by Crippen LogP contribution is 2.09. The smallest absolute Gasteiger partial charge is 0.0668 e. The molecule has 0 radical (unpaired) electrons. The van der Waals surface area contributed by atoms with Crippen molar-refractivity contribution in [3.05, 3.63) is 47.0 Å². The highest BCUT2D eigenvalue weighted by molar-refractivity contribution is 5.83. The largest absolute Gasteiger partial charge is 0.545 e. The second-order valence-corrected chi connectivity index (χ2v) is 4.28. The minimum atomic E-state index is -1.08. The number of aliphatic carboxylic acids is 1. The molecule has 0 aliphatic heterocycles. The maximum Gasteiger partial charge on any atom is 0.0668 e. The molecule has 0 spiro atoms. The quantitative estimate of drug-likeness (QED) is 0.705. The van der Waals surface area contributed by atoms with Crippen LogP contribution in [0.15, 0.2) is 35.9 Å². The minimum absolute atomic E-state index is 0.313. The van der Waals surface area contributed by atoms with Gasteiger partial charge in [-0.25, -0.2) is 0 Å². The van der Waals surface area contributed by atoms with Crippen LogP contribution in [0.1, 0.15) is 37.8 Å². The zero-order chi connectivity index (χ0) is 12.7. The molecule has 0 fully saturated rings. The van der Waals surface area contributed by atoms with Gasteiger partial charge in [0.05, 0.1) is 5.97 Å². The van der Waals surface area contributed by atoms with E-state index in [0.717, 1.165) is 25.7 Å². The molecule has 0 unspecified atom stereocenters. The summed E-state index contributed by atoms with van der Waals surface area (Å²) < 4.78 is 0. The molecule has 0 aromatic heterocycles. The van der Waals surface area contributed by atoms with Crippen molar-refractivity contribution in [1.82, 2.24) is 0 Å². The molecule has 2 nitrogen and oxygen atoms in total. The van der Waals surface area contributed by atoms with E-state index in [0.29, 0.717) is 5.57 Å². The van der Waals surface area contributed by atoms with E-state index in [2.05, 4.69) is 31.2 Å². The van der Waals surface area contributed by atoms with Crippen molar-refractivity contribution in [1.29, 1.82) is 0 Å². The highest BCUT2D eigenvalue weighted by atomic mass is 16.4. The van der Waals surface area contributed by atoms with Crippen LogP contribution in [0.4, 0.5) is 0 Å². The number of hydrogen-bond donors (Lipinski definition) is 0. The predicted octanol–water partition coefficient (Wildman–Crippen LogP) is 2.27. The van der Waals surface area contributed by atoms with Gasteiger partial charge in [0.25, 0.3) is 0 Å². The summed E-state index contributed by atoms with van der Waals surface area (Å²) in [4.78, 5) is 10.5. The number of carboxylic acid groups (broad SMARTS) is 1. The Kier molecular flexibility index (Phi) is 5.47. The van der Waals surface area contributed by atoms with Crippen molar-refractivity contribution in [3.63, 3.8) is 0 Å². The molecule has 1 aromatic rings. The third-order valence-corrected chi connectivity index (χ3v) is 2.77. The van der Waals surface area contributed by atoms with Gasteiger partial charge in [0, 0.05) is 0 Å². The number of carbonyl (C=O) groups is 1. The monoisotopic (exact) mass is 231 g/mol. The van der Waals surface area contributed by atoms with E-state index in [1.807, 2.05) is 0 Å². The Hall–Kier alpha value is -1.57. The van der Waals surface area contributed by atoms with E-state index >= 15 is 0 Å². The Morgan fingerprint density at radius 1 is 1.18 bits per heavy atom. The summed E-state index contributed by atoms with van der Waals surface area (Å²) in [5, 5.41) is 10.5. The van der Waals surface area contributed by atoms with Gasteiger partial charge in [-0.05, 0) is 42.9 Å². The van der Waals surface area contributed by atoms with Crippen LogP contribution in [0.5, 0.6) is 0 Å². The lowest BCUT2D eigenvalue weighted by Gasteiger charge is -2.03. The van der Waals surface area contributed by atoms with Crippen molar-refractivity contribution in [3.8, 4) is 0 Å². The molecular formula is C15H19O2-. The third kappa shape index (κ3) is 4.85. The molecule has 0 saturated carbocycles. The summed E-state index contributed by atoms with van der Waals surface area (Å²) in [5.41, 5.74) is 2.91. The van der Waals surface area contributed by atoms with E-state index in [9.17, 15) is 9.90 Å². The maximum atomic E-state index is 10.5. The lowest BCUT2D eigenvalue weighted by atomic mass is 10.0. The summed E-state index contributed by atoms with van der Waals surface area (Å²) in [6, 6.07) is 8.53. The first-order valence-corrected chi connectivity index (χ1v) is 6.09. The van der Waals surface area contributed by atoms with Crippen LogP contribution in [0.25, 0.3) is 0 Å². The van der Waals surface area contributed by atoms with Crippen molar-refractivity contribution >= 4 is 5.97 Å². The molecule has 0 saturated heterocycles. The van der Waals surface area contributed by atoms with Crippen LogP contribution in [0.3, 0.4) is 0 Å². The molecular weight excluding hydrogens is 212 g/mol. The Bertz CT molecular complexity index is 388. The fraction of sp³-hybridized carbons (Fsp3) is 0.400. The van der Waals surface area contributed by atoms with Crippen molar-refractivity contribution in [2.24, 2.45) is 0 Å². The molecule has 0 N–H and O–H groups in total. The Morgan fingerprint density at radius 2 is 1.71 bits per heavy atom. The van der Waals surface area contributed by atoms with Crippen molar-refractivity contribution in [2.75, 3.05) is 0 Å². The molecule has 0 atom stereocenters. The lowest BCUT2D eigenvalue weighted by Crippen LogP contribution is -2.22. The Balaban J connectivity index is 2.47. The summed E-state index contributed by atoms with van der Waals surface area (Å²) in [5.74, 6) is -1.08. The average molecular weight is 231 g/mol. The summed E-state index contributed by atoms with van der Waals surface area (Å²) >= 11 is 0. The molecule has 0 heterocycles. The van der Waals surface area contributed by atoms with Crippen molar-refractivity contribution in [2.45, 2.75) is 39.5 Å². The fourth-order valence-corrected chi connectivity index (χ4v) is 1.70. The van der Waals surface area contributed by atoms with E-state index < -0.39 is 5.97 Å². The molecule has 92 valence electrons. The van der Waals surface area contributed by atoms with E-state index in [-0.39, 0.29) is 0 Å². The molecule has 1 rings (SSSR count). The topological polar surface area (TPSA) is 40.1 Å². The van der Waals surface area contributed by atoms with Gasteiger partial charge in [-0.2, -0.15) is 0 Å². The zero-order valence-corrected chi connectivity index (χ0v) is 10.5. The Labute approximate surface area is 103 Å². The normalized spacial score (nSPS) is 11.5. The van der Waals surface area contributed by atoms with Crippen LogP contribution >= 0.6 is 0 Å². The van der Waals surface area contributed by atoms with E-state index in [1.54, 1.807) is 13.0 Å². The van der Waals surface area contributed by atoms with Crippen LogP contribution in [-0.4, -0.2) is 5.97 Å². The first kappa shape index (κ1) is 13.5. The second kappa shape index (κ2) is 6.89. The van der Waals surface area contributed by atoms with Gasteiger partial charge in [-0.15, -0.1) is 0 Å². The summed E-state index contributed by atoms with van der Waals surface area (Å²) in [6.45, 7) is 3.74. The molecule has 0 aliphatic rings. The Morgan fingerprint density at radius 3 is 2.18 bits per heavy atom. The number of carboxylic acids is 1. The van der Waals surface area contributed by atoms with Gasteiger partial charge in [0.2, 0.25) is 0 Å². The first-order chi connectivity index (χ1) is 8.13. The fourth-order valence-electron chi connectivity index (χ4n) is 1.70. The SMILES string of the molecule is CCCc1ccc(CC/C=C(\C)C(=O)[O-])cc1.